The molecule has 0 aliphatic heterocycles. The van der Waals surface area contributed by atoms with Gasteiger partial charge in [0.1, 0.15) is 0 Å². The third-order valence-corrected chi connectivity index (χ3v) is 3.11. The zero-order valence-electron chi connectivity index (χ0n) is 12.0. The van der Waals surface area contributed by atoms with Crippen molar-refractivity contribution in [1.29, 1.82) is 0 Å². The van der Waals surface area contributed by atoms with E-state index in [2.05, 4.69) is 10.4 Å². The summed E-state index contributed by atoms with van der Waals surface area (Å²) in [4.78, 5) is 12.0. The van der Waals surface area contributed by atoms with Crippen LogP contribution in [0, 0.1) is 6.92 Å². The summed E-state index contributed by atoms with van der Waals surface area (Å²) in [6, 6.07) is 7.31. The maximum atomic E-state index is 12.0. The molecule has 0 spiro atoms. The van der Waals surface area contributed by atoms with Gasteiger partial charge in [0.2, 0.25) is 0 Å². The molecule has 5 nitrogen and oxygen atoms in total. The second-order valence-electron chi connectivity index (χ2n) is 4.60. The molecule has 5 heteroatoms. The second-order valence-corrected chi connectivity index (χ2v) is 4.60. The molecule has 1 heterocycles. The van der Waals surface area contributed by atoms with E-state index in [9.17, 15) is 4.79 Å². The van der Waals surface area contributed by atoms with Crippen molar-refractivity contribution >= 4 is 11.7 Å². The van der Waals surface area contributed by atoms with Gasteiger partial charge in [-0.15, -0.1) is 0 Å². The van der Waals surface area contributed by atoms with Gasteiger partial charge in [-0.3, -0.25) is 4.68 Å². The lowest BCUT2D eigenvalue weighted by molar-refractivity contribution is -0.141. The highest BCUT2D eigenvalue weighted by Crippen LogP contribution is 2.21. The zero-order chi connectivity index (χ0) is 14.5. The number of benzene rings is 1. The molecular formula is C15H19N3O2. The SMILES string of the molecule is CCn1cc(C(Nc2ccc(C)cc2)C(=O)OC)cn1. The number of hydrogen-bond acceptors (Lipinski definition) is 4. The van der Waals surface area contributed by atoms with Crippen LogP contribution in [-0.4, -0.2) is 22.9 Å². The van der Waals surface area contributed by atoms with Crippen molar-refractivity contribution in [1.82, 2.24) is 9.78 Å². The Morgan fingerprint density at radius 3 is 2.65 bits per heavy atom. The van der Waals surface area contributed by atoms with Gasteiger partial charge in [0.25, 0.3) is 0 Å². The van der Waals surface area contributed by atoms with E-state index in [1.807, 2.05) is 44.3 Å². The van der Waals surface area contributed by atoms with Crippen LogP contribution in [0.3, 0.4) is 0 Å². The summed E-state index contributed by atoms with van der Waals surface area (Å²) in [7, 11) is 1.39. The quantitative estimate of drug-likeness (QED) is 0.851. The molecule has 1 aromatic heterocycles. The maximum Gasteiger partial charge on any atom is 0.333 e. The van der Waals surface area contributed by atoms with Crippen LogP contribution in [0.5, 0.6) is 0 Å². The van der Waals surface area contributed by atoms with Gasteiger partial charge in [0.05, 0.1) is 13.3 Å². The van der Waals surface area contributed by atoms with Crippen LogP contribution in [0.2, 0.25) is 0 Å². The lowest BCUT2D eigenvalue weighted by Crippen LogP contribution is -2.22. The molecule has 0 bridgehead atoms. The number of rotatable bonds is 5. The number of anilines is 1. The van der Waals surface area contributed by atoms with Crippen molar-refractivity contribution in [3.8, 4) is 0 Å². The number of methoxy groups -OCH3 is 1. The smallest absolute Gasteiger partial charge is 0.333 e. The highest BCUT2D eigenvalue weighted by molar-refractivity contribution is 5.80. The monoisotopic (exact) mass is 273 g/mol. The predicted molar refractivity (Wildman–Crippen MR) is 77.5 cm³/mol. The molecule has 1 unspecified atom stereocenters. The third kappa shape index (κ3) is 3.17. The average Bonchev–Trinajstić information content (AvgIpc) is 2.94. The molecule has 2 rings (SSSR count). The Bertz CT molecular complexity index is 575. The Balaban J connectivity index is 2.23. The lowest BCUT2D eigenvalue weighted by Gasteiger charge is -2.16. The Kier molecular flexibility index (Phi) is 4.40. The fraction of sp³-hybridized carbons (Fsp3) is 0.333. The molecule has 1 aromatic carbocycles. The Hall–Kier alpha value is -2.30. The first-order valence-corrected chi connectivity index (χ1v) is 6.57. The van der Waals surface area contributed by atoms with Crippen molar-refractivity contribution in [3.63, 3.8) is 0 Å². The van der Waals surface area contributed by atoms with Crippen LogP contribution >= 0.6 is 0 Å². The minimum atomic E-state index is -0.553. The first-order valence-electron chi connectivity index (χ1n) is 6.57. The first-order chi connectivity index (χ1) is 9.63. The largest absolute Gasteiger partial charge is 0.467 e. The van der Waals surface area contributed by atoms with E-state index in [4.69, 9.17) is 4.74 Å². The molecule has 106 valence electrons. The molecule has 2 aromatic rings. The summed E-state index contributed by atoms with van der Waals surface area (Å²) in [6.45, 7) is 4.78. The van der Waals surface area contributed by atoms with Crippen molar-refractivity contribution in [3.05, 3.63) is 47.8 Å². The molecular weight excluding hydrogens is 254 g/mol. The number of carbonyl (C=O) groups is 1. The van der Waals surface area contributed by atoms with Gasteiger partial charge >= 0.3 is 5.97 Å². The number of nitrogens with one attached hydrogen (secondary N) is 1. The normalized spacial score (nSPS) is 11.9. The number of ether oxygens (including phenoxy) is 1. The number of aryl methyl sites for hydroxylation is 2. The number of carbonyl (C=O) groups excluding carboxylic acids is 1. The number of nitrogens with zero attached hydrogens (tertiary/aromatic N) is 2. The highest BCUT2D eigenvalue weighted by Gasteiger charge is 2.22. The summed E-state index contributed by atoms with van der Waals surface area (Å²) >= 11 is 0. The van der Waals surface area contributed by atoms with Crippen LogP contribution in [0.4, 0.5) is 5.69 Å². The summed E-state index contributed by atoms with van der Waals surface area (Å²) in [5.41, 5.74) is 2.83. The summed E-state index contributed by atoms with van der Waals surface area (Å²) in [5, 5.41) is 7.38. The fourth-order valence-electron chi connectivity index (χ4n) is 1.91. The maximum absolute atomic E-state index is 12.0. The summed E-state index contributed by atoms with van der Waals surface area (Å²) in [5.74, 6) is -0.332. The second kappa shape index (κ2) is 6.23. The van der Waals surface area contributed by atoms with E-state index in [1.54, 1.807) is 10.9 Å². The van der Waals surface area contributed by atoms with Crippen molar-refractivity contribution < 1.29 is 9.53 Å². The molecule has 20 heavy (non-hydrogen) atoms. The molecule has 0 saturated heterocycles. The Labute approximate surface area is 118 Å². The lowest BCUT2D eigenvalue weighted by atomic mass is 10.1. The first kappa shape index (κ1) is 14.1. The van der Waals surface area contributed by atoms with E-state index in [0.29, 0.717) is 0 Å². The predicted octanol–water partition coefficient (Wildman–Crippen LogP) is 2.54. The molecule has 0 radical (unpaired) electrons. The number of aromatic nitrogens is 2. The Morgan fingerprint density at radius 2 is 2.10 bits per heavy atom. The van der Waals surface area contributed by atoms with Crippen molar-refractivity contribution in [2.45, 2.75) is 26.4 Å². The van der Waals surface area contributed by atoms with Crippen LogP contribution in [0.15, 0.2) is 36.7 Å². The van der Waals surface area contributed by atoms with Gasteiger partial charge in [-0.05, 0) is 26.0 Å². The minimum absolute atomic E-state index is 0.332. The minimum Gasteiger partial charge on any atom is -0.467 e. The molecule has 0 amide bonds. The Morgan fingerprint density at radius 1 is 1.40 bits per heavy atom. The van der Waals surface area contributed by atoms with Gasteiger partial charge in [-0.1, -0.05) is 17.7 Å². The third-order valence-electron chi connectivity index (χ3n) is 3.11. The highest BCUT2D eigenvalue weighted by atomic mass is 16.5. The van der Waals surface area contributed by atoms with Crippen LogP contribution < -0.4 is 5.32 Å². The van der Waals surface area contributed by atoms with E-state index in [1.165, 1.54) is 12.7 Å². The molecule has 0 aliphatic rings. The molecule has 1 N–H and O–H groups in total. The fourth-order valence-corrected chi connectivity index (χ4v) is 1.91. The van der Waals surface area contributed by atoms with Gasteiger partial charge < -0.3 is 10.1 Å². The van der Waals surface area contributed by atoms with E-state index < -0.39 is 6.04 Å². The number of hydrogen-bond donors (Lipinski definition) is 1. The van der Waals surface area contributed by atoms with E-state index >= 15 is 0 Å². The van der Waals surface area contributed by atoms with E-state index in [0.717, 1.165) is 17.8 Å². The van der Waals surface area contributed by atoms with Crippen molar-refractivity contribution in [2.24, 2.45) is 0 Å². The van der Waals surface area contributed by atoms with Gasteiger partial charge in [-0.2, -0.15) is 5.10 Å². The molecule has 1 atom stereocenters. The standard InChI is InChI=1S/C15H19N3O2/c1-4-18-10-12(9-16-18)14(15(19)20-3)17-13-7-5-11(2)6-8-13/h5-10,14,17H,4H2,1-3H3. The van der Waals surface area contributed by atoms with Gasteiger partial charge in [-0.25, -0.2) is 4.79 Å². The molecule has 0 saturated carbocycles. The average molecular weight is 273 g/mol. The molecule has 0 fully saturated rings. The summed E-state index contributed by atoms with van der Waals surface area (Å²) in [6.07, 6.45) is 3.54. The zero-order valence-corrected chi connectivity index (χ0v) is 12.0. The van der Waals surface area contributed by atoms with Gasteiger partial charge in [0.15, 0.2) is 6.04 Å². The summed E-state index contributed by atoms with van der Waals surface area (Å²) < 4.78 is 6.65. The number of esters is 1. The van der Waals surface area contributed by atoms with Crippen LogP contribution in [0.25, 0.3) is 0 Å². The van der Waals surface area contributed by atoms with Crippen molar-refractivity contribution in [2.75, 3.05) is 12.4 Å². The van der Waals surface area contributed by atoms with Gasteiger partial charge in [0, 0.05) is 24.0 Å². The van der Waals surface area contributed by atoms with Crippen LogP contribution in [0.1, 0.15) is 24.1 Å². The van der Waals surface area contributed by atoms with Crippen LogP contribution in [-0.2, 0) is 16.1 Å². The molecule has 0 aliphatic carbocycles. The van der Waals surface area contributed by atoms with E-state index in [-0.39, 0.29) is 5.97 Å². The topological polar surface area (TPSA) is 56.2 Å².